The largest absolute Gasteiger partial charge is 0.344 e. The Bertz CT molecular complexity index is 901. The number of benzene rings is 1. The molecule has 4 rings (SSSR count). The predicted molar refractivity (Wildman–Crippen MR) is 95.7 cm³/mol. The molecule has 0 unspecified atom stereocenters. The number of fused-ring (bicyclic) bond motifs is 1. The van der Waals surface area contributed by atoms with Gasteiger partial charge in [-0.15, -0.1) is 0 Å². The minimum atomic E-state index is -0.137. The highest BCUT2D eigenvalue weighted by atomic mass is 16.1. The Morgan fingerprint density at radius 2 is 2.04 bits per heavy atom. The van der Waals surface area contributed by atoms with Crippen molar-refractivity contribution >= 4 is 5.91 Å². The van der Waals surface area contributed by atoms with E-state index in [1.165, 1.54) is 11.3 Å². The van der Waals surface area contributed by atoms with Crippen LogP contribution in [0.15, 0.2) is 54.9 Å². The van der Waals surface area contributed by atoms with Gasteiger partial charge in [-0.25, -0.2) is 4.68 Å². The van der Waals surface area contributed by atoms with Gasteiger partial charge >= 0.3 is 0 Å². The van der Waals surface area contributed by atoms with Crippen molar-refractivity contribution in [3.8, 4) is 5.69 Å². The van der Waals surface area contributed by atoms with Crippen molar-refractivity contribution in [1.82, 2.24) is 20.1 Å². The minimum Gasteiger partial charge on any atom is -0.344 e. The van der Waals surface area contributed by atoms with E-state index in [0.29, 0.717) is 5.69 Å². The molecule has 0 spiro atoms. The summed E-state index contributed by atoms with van der Waals surface area (Å²) in [5, 5.41) is 7.72. The van der Waals surface area contributed by atoms with E-state index < -0.39 is 0 Å². The number of pyridine rings is 1. The third-order valence-corrected chi connectivity index (χ3v) is 4.73. The summed E-state index contributed by atoms with van der Waals surface area (Å²) in [6.07, 6.45) is 6.45. The number of nitrogens with zero attached hydrogens (tertiary/aromatic N) is 3. The van der Waals surface area contributed by atoms with Gasteiger partial charge in [-0.3, -0.25) is 9.78 Å². The van der Waals surface area contributed by atoms with Crippen molar-refractivity contribution in [2.24, 2.45) is 0 Å². The molecule has 126 valence electrons. The van der Waals surface area contributed by atoms with E-state index in [-0.39, 0.29) is 11.9 Å². The van der Waals surface area contributed by atoms with Crippen LogP contribution in [0.5, 0.6) is 0 Å². The van der Waals surface area contributed by atoms with Crippen molar-refractivity contribution in [3.63, 3.8) is 0 Å². The number of hydrogen-bond donors (Lipinski definition) is 1. The number of hydrogen-bond acceptors (Lipinski definition) is 3. The maximum atomic E-state index is 12.5. The van der Waals surface area contributed by atoms with E-state index in [2.05, 4.69) is 34.5 Å². The van der Waals surface area contributed by atoms with E-state index in [9.17, 15) is 4.79 Å². The maximum absolute atomic E-state index is 12.5. The van der Waals surface area contributed by atoms with Gasteiger partial charge in [-0.1, -0.05) is 24.3 Å². The number of aryl methyl sites for hydroxylation is 1. The molecule has 1 atom stereocenters. The molecule has 0 radical (unpaired) electrons. The summed E-state index contributed by atoms with van der Waals surface area (Å²) in [7, 11) is 0. The summed E-state index contributed by atoms with van der Waals surface area (Å²) in [4.78, 5) is 16.6. The molecule has 0 saturated carbocycles. The van der Waals surface area contributed by atoms with Gasteiger partial charge in [-0.05, 0) is 49.9 Å². The molecule has 2 aromatic heterocycles. The average Bonchev–Trinajstić information content (AvgIpc) is 3.08. The molecule has 25 heavy (non-hydrogen) atoms. The van der Waals surface area contributed by atoms with Crippen molar-refractivity contribution in [3.05, 3.63) is 77.4 Å². The summed E-state index contributed by atoms with van der Waals surface area (Å²) in [6, 6.07) is 13.6. The first kappa shape index (κ1) is 15.6. The number of nitrogens with one attached hydrogen (secondary N) is 1. The zero-order valence-corrected chi connectivity index (χ0v) is 14.1. The van der Waals surface area contributed by atoms with Crippen LogP contribution in [-0.4, -0.2) is 20.7 Å². The summed E-state index contributed by atoms with van der Waals surface area (Å²) < 4.78 is 2.02. The van der Waals surface area contributed by atoms with Crippen molar-refractivity contribution in [2.75, 3.05) is 0 Å². The molecule has 0 fully saturated rings. The van der Waals surface area contributed by atoms with E-state index in [0.717, 1.165) is 30.5 Å². The van der Waals surface area contributed by atoms with Crippen LogP contribution in [0, 0.1) is 6.92 Å². The molecule has 0 aliphatic heterocycles. The number of rotatable bonds is 3. The molecular formula is C20H20N4O. The standard InChI is InChI=1S/C20H20N4O/c1-14-7-2-3-10-18(14)24-19-11-6-9-16(15(19)13-22-24)23-20(25)17-8-4-5-12-21-17/h2-5,7-8,10,12-13,16H,6,9,11H2,1H3,(H,23,25)/t16-/m0/s1. The SMILES string of the molecule is Cc1ccccc1-n1ncc2c1CCC[C@@H]2NC(=O)c1ccccn1. The van der Waals surface area contributed by atoms with Crippen LogP contribution in [0.3, 0.4) is 0 Å². The third-order valence-electron chi connectivity index (χ3n) is 4.73. The zero-order chi connectivity index (χ0) is 17.2. The number of para-hydroxylation sites is 1. The Morgan fingerprint density at radius 1 is 1.20 bits per heavy atom. The molecule has 1 N–H and O–H groups in total. The number of carbonyl (C=O) groups is 1. The lowest BCUT2D eigenvalue weighted by Crippen LogP contribution is -2.31. The highest BCUT2D eigenvalue weighted by molar-refractivity contribution is 5.92. The monoisotopic (exact) mass is 332 g/mol. The van der Waals surface area contributed by atoms with Crippen LogP contribution < -0.4 is 5.32 Å². The van der Waals surface area contributed by atoms with E-state index >= 15 is 0 Å². The topological polar surface area (TPSA) is 59.8 Å². The Hall–Kier alpha value is -2.95. The van der Waals surface area contributed by atoms with Gasteiger partial charge in [0.2, 0.25) is 0 Å². The summed E-state index contributed by atoms with van der Waals surface area (Å²) >= 11 is 0. The highest BCUT2D eigenvalue weighted by Gasteiger charge is 2.26. The molecule has 1 amide bonds. The van der Waals surface area contributed by atoms with Gasteiger partial charge in [0.15, 0.2) is 0 Å². The fourth-order valence-corrected chi connectivity index (χ4v) is 3.44. The van der Waals surface area contributed by atoms with Crippen molar-refractivity contribution in [2.45, 2.75) is 32.2 Å². The van der Waals surface area contributed by atoms with Crippen LogP contribution in [0.1, 0.15) is 46.2 Å². The van der Waals surface area contributed by atoms with Crippen LogP contribution in [0.25, 0.3) is 5.69 Å². The normalized spacial score (nSPS) is 16.3. The van der Waals surface area contributed by atoms with Gasteiger partial charge < -0.3 is 5.32 Å². The van der Waals surface area contributed by atoms with Crippen molar-refractivity contribution < 1.29 is 4.79 Å². The fourth-order valence-electron chi connectivity index (χ4n) is 3.44. The lowest BCUT2D eigenvalue weighted by molar-refractivity contribution is 0.0927. The Morgan fingerprint density at radius 3 is 2.84 bits per heavy atom. The second-order valence-electron chi connectivity index (χ2n) is 6.38. The maximum Gasteiger partial charge on any atom is 0.270 e. The lowest BCUT2D eigenvalue weighted by Gasteiger charge is -2.24. The lowest BCUT2D eigenvalue weighted by atomic mass is 9.92. The number of aromatic nitrogens is 3. The molecule has 2 heterocycles. The van der Waals surface area contributed by atoms with Crippen molar-refractivity contribution in [1.29, 1.82) is 0 Å². The Balaban J connectivity index is 1.63. The second-order valence-corrected chi connectivity index (χ2v) is 6.38. The van der Waals surface area contributed by atoms with Crippen LogP contribution in [-0.2, 0) is 6.42 Å². The Labute approximate surface area is 146 Å². The van der Waals surface area contributed by atoms with E-state index in [1.54, 1.807) is 12.3 Å². The van der Waals surface area contributed by atoms with E-state index in [1.807, 2.05) is 35.1 Å². The summed E-state index contributed by atoms with van der Waals surface area (Å²) in [5.41, 5.74) is 5.03. The smallest absolute Gasteiger partial charge is 0.270 e. The molecule has 5 nitrogen and oxygen atoms in total. The Kier molecular flexibility index (Phi) is 4.06. The second kappa shape index (κ2) is 6.51. The molecule has 1 aliphatic rings. The quantitative estimate of drug-likeness (QED) is 0.800. The number of amides is 1. The van der Waals surface area contributed by atoms with E-state index in [4.69, 9.17) is 0 Å². The third kappa shape index (κ3) is 2.93. The zero-order valence-electron chi connectivity index (χ0n) is 14.1. The molecule has 3 aromatic rings. The minimum absolute atomic E-state index is 0.0176. The molecule has 0 bridgehead atoms. The fraction of sp³-hybridized carbons (Fsp3) is 0.250. The summed E-state index contributed by atoms with van der Waals surface area (Å²) in [6.45, 7) is 2.09. The van der Waals surface area contributed by atoms with Crippen LogP contribution in [0.2, 0.25) is 0 Å². The average molecular weight is 332 g/mol. The van der Waals surface area contributed by atoms with Crippen LogP contribution >= 0.6 is 0 Å². The highest BCUT2D eigenvalue weighted by Crippen LogP contribution is 2.31. The van der Waals surface area contributed by atoms with Gasteiger partial charge in [0.1, 0.15) is 5.69 Å². The van der Waals surface area contributed by atoms with Crippen LogP contribution in [0.4, 0.5) is 0 Å². The molecule has 0 saturated heterocycles. The van der Waals surface area contributed by atoms with Gasteiger partial charge in [-0.2, -0.15) is 5.10 Å². The van der Waals surface area contributed by atoms with Gasteiger partial charge in [0.25, 0.3) is 5.91 Å². The summed E-state index contributed by atoms with van der Waals surface area (Å²) in [5.74, 6) is -0.137. The molecule has 5 heteroatoms. The molecule has 1 aromatic carbocycles. The van der Waals surface area contributed by atoms with Gasteiger partial charge in [0.05, 0.1) is 17.9 Å². The number of carbonyl (C=O) groups excluding carboxylic acids is 1. The molecule has 1 aliphatic carbocycles. The first-order valence-corrected chi connectivity index (χ1v) is 8.59. The van der Waals surface area contributed by atoms with Gasteiger partial charge in [0, 0.05) is 17.5 Å². The predicted octanol–water partition coefficient (Wildman–Crippen LogP) is 3.38. The first-order chi connectivity index (χ1) is 12.2. The molecular weight excluding hydrogens is 312 g/mol. The first-order valence-electron chi connectivity index (χ1n) is 8.59.